The molecule has 1 aliphatic heterocycles. The lowest BCUT2D eigenvalue weighted by Gasteiger charge is -2.03. The van der Waals surface area contributed by atoms with Gasteiger partial charge in [-0.15, -0.1) is 0 Å². The third-order valence-electron chi connectivity index (χ3n) is 2.50. The third kappa shape index (κ3) is 1.84. The van der Waals surface area contributed by atoms with E-state index in [-0.39, 0.29) is 23.7 Å². The van der Waals surface area contributed by atoms with Gasteiger partial charge in [-0.1, -0.05) is 12.1 Å². The Morgan fingerprint density at radius 1 is 1.44 bits per heavy atom. The van der Waals surface area contributed by atoms with Gasteiger partial charge in [-0.3, -0.25) is 4.79 Å². The summed E-state index contributed by atoms with van der Waals surface area (Å²) in [6.07, 6.45) is 0. The molecular weight excluding hydrogens is 232 g/mol. The Hall–Kier alpha value is -2.61. The number of ketones is 1. The van der Waals surface area contributed by atoms with E-state index in [0.29, 0.717) is 11.3 Å². The Morgan fingerprint density at radius 3 is 2.78 bits per heavy atom. The standard InChI is InChI=1S/C13H10N2O3/c1-2-18-13(17)9(7-14)11-12(16)8-5-3-4-6-10(8)15-11/h3-6,15H,2H2,1H3/b11-9-. The van der Waals surface area contributed by atoms with Crippen LogP contribution in [0.5, 0.6) is 0 Å². The largest absolute Gasteiger partial charge is 0.462 e. The molecule has 0 unspecified atom stereocenters. The lowest BCUT2D eigenvalue weighted by atomic mass is 10.1. The van der Waals surface area contributed by atoms with Crippen molar-refractivity contribution >= 4 is 17.4 Å². The van der Waals surface area contributed by atoms with Gasteiger partial charge in [0.05, 0.1) is 6.61 Å². The molecule has 1 N–H and O–H groups in total. The van der Waals surface area contributed by atoms with Crippen LogP contribution in [0, 0.1) is 11.3 Å². The second-order valence-corrected chi connectivity index (χ2v) is 3.58. The Labute approximate surface area is 104 Å². The Morgan fingerprint density at radius 2 is 2.17 bits per heavy atom. The van der Waals surface area contributed by atoms with Crippen molar-refractivity contribution in [3.8, 4) is 6.07 Å². The summed E-state index contributed by atoms with van der Waals surface area (Å²) in [6.45, 7) is 1.79. The van der Waals surface area contributed by atoms with Crippen LogP contribution in [-0.2, 0) is 9.53 Å². The Balaban J connectivity index is 2.45. The number of ether oxygens (including phenoxy) is 1. The number of rotatable bonds is 2. The predicted octanol–water partition coefficient (Wildman–Crippen LogP) is 1.64. The summed E-state index contributed by atoms with van der Waals surface area (Å²) in [7, 11) is 0. The van der Waals surface area contributed by atoms with Gasteiger partial charge < -0.3 is 10.1 Å². The topological polar surface area (TPSA) is 79.2 Å². The van der Waals surface area contributed by atoms with Gasteiger partial charge in [-0.25, -0.2) is 4.79 Å². The highest BCUT2D eigenvalue weighted by Crippen LogP contribution is 2.29. The summed E-state index contributed by atoms with van der Waals surface area (Å²) in [5.41, 5.74) is 0.731. The molecule has 0 fully saturated rings. The van der Waals surface area contributed by atoms with E-state index in [1.165, 1.54) is 0 Å². The van der Waals surface area contributed by atoms with Gasteiger partial charge in [0.2, 0.25) is 5.78 Å². The van der Waals surface area contributed by atoms with Crippen LogP contribution in [0.3, 0.4) is 0 Å². The summed E-state index contributed by atoms with van der Waals surface area (Å²) < 4.78 is 4.74. The van der Waals surface area contributed by atoms with E-state index in [9.17, 15) is 9.59 Å². The lowest BCUT2D eigenvalue weighted by Crippen LogP contribution is -2.14. The number of esters is 1. The second-order valence-electron chi connectivity index (χ2n) is 3.58. The normalized spacial score (nSPS) is 15.4. The fraction of sp³-hybridized carbons (Fsp3) is 0.154. The molecular formula is C13H10N2O3. The van der Waals surface area contributed by atoms with E-state index < -0.39 is 5.97 Å². The SMILES string of the molecule is CCOC(=O)/C(C#N)=C1\Nc2ccccc2C1=O. The van der Waals surface area contributed by atoms with Crippen LogP contribution in [0.25, 0.3) is 0 Å². The zero-order chi connectivity index (χ0) is 13.1. The van der Waals surface area contributed by atoms with Crippen molar-refractivity contribution in [3.63, 3.8) is 0 Å². The Kier molecular flexibility index (Phi) is 3.11. The molecule has 1 aromatic rings. The molecule has 5 nitrogen and oxygen atoms in total. The first-order chi connectivity index (χ1) is 8.69. The van der Waals surface area contributed by atoms with Gasteiger partial charge >= 0.3 is 5.97 Å². The third-order valence-corrected chi connectivity index (χ3v) is 2.50. The van der Waals surface area contributed by atoms with E-state index in [1.807, 2.05) is 0 Å². The molecule has 0 atom stereocenters. The van der Waals surface area contributed by atoms with Crippen molar-refractivity contribution in [3.05, 3.63) is 41.1 Å². The molecule has 18 heavy (non-hydrogen) atoms. The summed E-state index contributed by atoms with van der Waals surface area (Å²) >= 11 is 0. The first kappa shape index (κ1) is 11.9. The number of nitriles is 1. The van der Waals surface area contributed by atoms with Crippen molar-refractivity contribution in [2.45, 2.75) is 6.92 Å². The highest BCUT2D eigenvalue weighted by atomic mass is 16.5. The average molecular weight is 242 g/mol. The number of Topliss-reactive ketones (excluding diaryl/α,β-unsaturated/α-hetero) is 1. The van der Waals surface area contributed by atoms with Crippen molar-refractivity contribution in [2.24, 2.45) is 0 Å². The molecule has 1 heterocycles. The van der Waals surface area contributed by atoms with Crippen LogP contribution in [-0.4, -0.2) is 18.4 Å². The van der Waals surface area contributed by atoms with Gasteiger partial charge in [0.15, 0.2) is 5.57 Å². The number of fused-ring (bicyclic) bond motifs is 1. The number of nitrogens with one attached hydrogen (secondary N) is 1. The predicted molar refractivity (Wildman–Crippen MR) is 63.7 cm³/mol. The summed E-state index contributed by atoms with van der Waals surface area (Å²) in [5, 5.41) is 11.8. The quantitative estimate of drug-likeness (QED) is 0.484. The minimum Gasteiger partial charge on any atom is -0.462 e. The van der Waals surface area contributed by atoms with Gasteiger partial charge in [-0.2, -0.15) is 5.26 Å². The number of hydrogen-bond acceptors (Lipinski definition) is 5. The zero-order valence-corrected chi connectivity index (χ0v) is 9.69. The van der Waals surface area contributed by atoms with Crippen LogP contribution < -0.4 is 5.32 Å². The number of carbonyl (C=O) groups is 2. The van der Waals surface area contributed by atoms with Gasteiger partial charge in [0.25, 0.3) is 0 Å². The molecule has 0 radical (unpaired) electrons. The number of carbonyl (C=O) groups excluding carboxylic acids is 2. The van der Waals surface area contributed by atoms with Gasteiger partial charge in [0.1, 0.15) is 11.8 Å². The van der Waals surface area contributed by atoms with E-state index in [4.69, 9.17) is 10.00 Å². The molecule has 0 amide bonds. The molecule has 0 saturated heterocycles. The van der Waals surface area contributed by atoms with Crippen molar-refractivity contribution < 1.29 is 14.3 Å². The first-order valence-electron chi connectivity index (χ1n) is 5.41. The lowest BCUT2D eigenvalue weighted by molar-refractivity contribution is -0.138. The smallest absolute Gasteiger partial charge is 0.351 e. The monoisotopic (exact) mass is 242 g/mol. The average Bonchev–Trinajstić information content (AvgIpc) is 2.69. The number of nitrogens with zero attached hydrogens (tertiary/aromatic N) is 1. The summed E-state index contributed by atoms with van der Waals surface area (Å²) in [4.78, 5) is 23.6. The first-order valence-corrected chi connectivity index (χ1v) is 5.41. The summed E-state index contributed by atoms with van der Waals surface area (Å²) in [6, 6.07) is 8.54. The van der Waals surface area contributed by atoms with E-state index in [2.05, 4.69) is 5.32 Å². The molecule has 0 bridgehead atoms. The van der Waals surface area contributed by atoms with E-state index >= 15 is 0 Å². The van der Waals surface area contributed by atoms with Crippen LogP contribution in [0.2, 0.25) is 0 Å². The maximum Gasteiger partial charge on any atom is 0.351 e. The molecule has 0 aliphatic carbocycles. The second kappa shape index (κ2) is 4.72. The minimum absolute atomic E-state index is 0.0165. The van der Waals surface area contributed by atoms with Crippen LogP contribution >= 0.6 is 0 Å². The molecule has 1 aromatic carbocycles. The Bertz CT molecular complexity index is 596. The molecule has 0 aromatic heterocycles. The molecule has 5 heteroatoms. The molecule has 90 valence electrons. The van der Waals surface area contributed by atoms with Crippen LogP contribution in [0.4, 0.5) is 5.69 Å². The maximum absolute atomic E-state index is 12.0. The van der Waals surface area contributed by atoms with Gasteiger partial charge in [-0.05, 0) is 19.1 Å². The summed E-state index contributed by atoms with van der Waals surface area (Å²) in [5.74, 6) is -1.15. The van der Waals surface area contributed by atoms with Crippen molar-refractivity contribution in [1.29, 1.82) is 5.26 Å². The number of anilines is 1. The minimum atomic E-state index is -0.788. The maximum atomic E-state index is 12.0. The van der Waals surface area contributed by atoms with Crippen LogP contribution in [0.1, 0.15) is 17.3 Å². The number of hydrogen-bond donors (Lipinski definition) is 1. The van der Waals surface area contributed by atoms with Gasteiger partial charge in [0, 0.05) is 11.3 Å². The fourth-order valence-corrected chi connectivity index (χ4v) is 1.70. The highest BCUT2D eigenvalue weighted by molar-refractivity contribution is 6.22. The molecule has 1 aliphatic rings. The molecule has 0 saturated carbocycles. The van der Waals surface area contributed by atoms with Crippen LogP contribution in [0.15, 0.2) is 35.5 Å². The fourth-order valence-electron chi connectivity index (χ4n) is 1.70. The molecule has 0 spiro atoms. The van der Waals surface area contributed by atoms with E-state index in [0.717, 1.165) is 0 Å². The number of allylic oxidation sites excluding steroid dienone is 1. The molecule has 2 rings (SSSR count). The van der Waals surface area contributed by atoms with E-state index in [1.54, 1.807) is 37.3 Å². The number of benzene rings is 1. The highest BCUT2D eigenvalue weighted by Gasteiger charge is 2.30. The van der Waals surface area contributed by atoms with Crippen molar-refractivity contribution in [1.82, 2.24) is 0 Å². The van der Waals surface area contributed by atoms with Crippen molar-refractivity contribution in [2.75, 3.05) is 11.9 Å². The zero-order valence-electron chi connectivity index (χ0n) is 9.69. The number of para-hydroxylation sites is 1.